The molecule has 0 atom stereocenters. The number of amides is 3. The molecular formula is C30H31F3N10O4. The van der Waals surface area contributed by atoms with Crippen LogP contribution in [0, 0.1) is 0 Å². The van der Waals surface area contributed by atoms with Crippen molar-refractivity contribution in [3.05, 3.63) is 66.4 Å². The van der Waals surface area contributed by atoms with E-state index in [1.165, 1.54) is 24.7 Å². The number of aliphatic hydroxyl groups excluding tert-OH is 1. The molecule has 1 aromatic carbocycles. The van der Waals surface area contributed by atoms with Crippen LogP contribution < -0.4 is 16.0 Å². The van der Waals surface area contributed by atoms with Crippen LogP contribution in [0.2, 0.25) is 0 Å². The van der Waals surface area contributed by atoms with Gasteiger partial charge in [-0.3, -0.25) is 14.6 Å². The van der Waals surface area contributed by atoms with Crippen LogP contribution in [0.25, 0.3) is 27.9 Å². The number of alkyl halides is 3. The second kappa shape index (κ2) is 12.9. The molecule has 1 saturated heterocycles. The molecule has 246 valence electrons. The van der Waals surface area contributed by atoms with Crippen molar-refractivity contribution in [2.45, 2.75) is 19.3 Å². The van der Waals surface area contributed by atoms with E-state index in [9.17, 15) is 33.0 Å². The van der Waals surface area contributed by atoms with Gasteiger partial charge in [-0.1, -0.05) is 6.07 Å². The number of anilines is 3. The van der Waals surface area contributed by atoms with E-state index in [1.807, 2.05) is 11.9 Å². The summed E-state index contributed by atoms with van der Waals surface area (Å²) in [5.41, 5.74) is 1.32. The number of imidazole rings is 1. The number of aliphatic hydroxyl groups is 1. The van der Waals surface area contributed by atoms with Crippen molar-refractivity contribution >= 4 is 46.0 Å². The summed E-state index contributed by atoms with van der Waals surface area (Å²) in [7, 11) is 1.97. The van der Waals surface area contributed by atoms with E-state index in [2.05, 4.69) is 35.8 Å². The van der Waals surface area contributed by atoms with Gasteiger partial charge in [0.15, 0.2) is 5.65 Å². The van der Waals surface area contributed by atoms with Crippen LogP contribution in [-0.2, 0) is 19.3 Å². The zero-order valence-corrected chi connectivity index (χ0v) is 25.1. The molecule has 3 amide bonds. The van der Waals surface area contributed by atoms with Crippen LogP contribution in [0.15, 0.2) is 55.2 Å². The van der Waals surface area contributed by atoms with Gasteiger partial charge < -0.3 is 30.3 Å². The summed E-state index contributed by atoms with van der Waals surface area (Å²) >= 11 is 0. The molecule has 1 fully saturated rings. The van der Waals surface area contributed by atoms with Gasteiger partial charge in [0.2, 0.25) is 0 Å². The van der Waals surface area contributed by atoms with Crippen molar-refractivity contribution in [1.29, 1.82) is 0 Å². The highest BCUT2D eigenvalue weighted by Gasteiger charge is 2.34. The molecule has 0 aliphatic carbocycles. The highest BCUT2D eigenvalue weighted by molar-refractivity contribution is 6.05. The molecule has 1 aliphatic rings. The van der Waals surface area contributed by atoms with E-state index in [-0.39, 0.29) is 42.5 Å². The van der Waals surface area contributed by atoms with Gasteiger partial charge in [0.1, 0.15) is 17.8 Å². The number of hydrogen-bond donors (Lipinski definition) is 5. The van der Waals surface area contributed by atoms with E-state index in [0.717, 1.165) is 19.2 Å². The lowest BCUT2D eigenvalue weighted by Gasteiger charge is -2.33. The number of aromatic nitrogens is 5. The Bertz CT molecular complexity index is 1950. The molecule has 5 heterocycles. The minimum atomic E-state index is -4.61. The quantitative estimate of drug-likeness (QED) is 0.165. The molecule has 17 heteroatoms. The Balaban J connectivity index is 1.27. The maximum absolute atomic E-state index is 14.1. The summed E-state index contributed by atoms with van der Waals surface area (Å²) in [5, 5.41) is 26.8. The molecule has 47 heavy (non-hydrogen) atoms. The zero-order chi connectivity index (χ0) is 33.3. The van der Waals surface area contributed by atoms with Crippen molar-refractivity contribution < 1.29 is 33.0 Å². The first-order chi connectivity index (χ1) is 22.5. The third kappa shape index (κ3) is 6.67. The summed E-state index contributed by atoms with van der Waals surface area (Å²) in [6, 6.07) is 6.23. The van der Waals surface area contributed by atoms with Gasteiger partial charge in [-0.2, -0.15) is 13.2 Å². The Morgan fingerprint density at radius 3 is 2.49 bits per heavy atom. The van der Waals surface area contributed by atoms with Crippen LogP contribution in [0.5, 0.6) is 0 Å². The van der Waals surface area contributed by atoms with Gasteiger partial charge in [0.25, 0.3) is 0 Å². The smallest absolute Gasteiger partial charge is 0.416 e. The lowest BCUT2D eigenvalue weighted by Crippen LogP contribution is -2.44. The molecule has 0 radical (unpaired) electrons. The summed E-state index contributed by atoms with van der Waals surface area (Å²) < 4.78 is 45.5. The van der Waals surface area contributed by atoms with Crippen LogP contribution in [0.4, 0.5) is 40.0 Å². The average molecular weight is 653 g/mol. The fraction of sp³-hybridized carbons (Fsp3) is 0.300. The van der Waals surface area contributed by atoms with E-state index in [1.54, 1.807) is 33.5 Å². The third-order valence-electron chi connectivity index (χ3n) is 7.96. The normalized spacial score (nSPS) is 14.5. The van der Waals surface area contributed by atoms with E-state index >= 15 is 0 Å². The SMILES string of the molecule is CN1CCN(Cc2ccc(NC(=O)Nc3ccc(-c4cn(CCO)c5ncnc(NC(=O)O)c45)n4ccnc34)cc2C(F)(F)F)CC1. The van der Waals surface area contributed by atoms with Crippen molar-refractivity contribution in [3.63, 3.8) is 0 Å². The number of fused-ring (bicyclic) bond motifs is 2. The van der Waals surface area contributed by atoms with E-state index in [4.69, 9.17) is 0 Å². The number of likely N-dealkylation sites (N-methyl/N-ethyl adjacent to an activating group) is 1. The van der Waals surface area contributed by atoms with Gasteiger partial charge in [-0.15, -0.1) is 0 Å². The molecule has 4 aromatic heterocycles. The number of carbonyl (C=O) groups excluding carboxylic acids is 1. The predicted molar refractivity (Wildman–Crippen MR) is 167 cm³/mol. The molecule has 5 aromatic rings. The highest BCUT2D eigenvalue weighted by Crippen LogP contribution is 2.36. The molecule has 5 N–H and O–H groups in total. The number of pyridine rings is 1. The van der Waals surface area contributed by atoms with Crippen molar-refractivity contribution in [1.82, 2.24) is 33.7 Å². The number of halogens is 3. The molecule has 6 rings (SSSR count). The summed E-state index contributed by atoms with van der Waals surface area (Å²) in [6.45, 7) is 3.01. The molecule has 1 aliphatic heterocycles. The number of carbonyl (C=O) groups is 2. The minimum absolute atomic E-state index is 0.0249. The Morgan fingerprint density at radius 2 is 1.77 bits per heavy atom. The van der Waals surface area contributed by atoms with Crippen LogP contribution in [-0.4, -0.2) is 95.9 Å². The predicted octanol–water partition coefficient (Wildman–Crippen LogP) is 4.24. The van der Waals surface area contributed by atoms with Crippen molar-refractivity contribution in [2.24, 2.45) is 0 Å². The van der Waals surface area contributed by atoms with Crippen LogP contribution >= 0.6 is 0 Å². The van der Waals surface area contributed by atoms with Crippen LogP contribution in [0.3, 0.4) is 0 Å². The van der Waals surface area contributed by atoms with Crippen molar-refractivity contribution in [3.8, 4) is 11.3 Å². The largest absolute Gasteiger partial charge is 0.465 e. The summed E-state index contributed by atoms with van der Waals surface area (Å²) in [5.74, 6) is 0.0387. The van der Waals surface area contributed by atoms with E-state index < -0.39 is 23.9 Å². The number of carboxylic acid groups (broad SMARTS) is 1. The first kappa shape index (κ1) is 31.7. The lowest BCUT2D eigenvalue weighted by molar-refractivity contribution is -0.138. The number of benzene rings is 1. The maximum Gasteiger partial charge on any atom is 0.416 e. The monoisotopic (exact) mass is 652 g/mol. The molecule has 0 saturated carbocycles. The third-order valence-corrected chi connectivity index (χ3v) is 7.96. The van der Waals surface area contributed by atoms with Crippen LogP contribution in [0.1, 0.15) is 11.1 Å². The Hall–Kier alpha value is -5.26. The summed E-state index contributed by atoms with van der Waals surface area (Å²) in [6.07, 6.45) is 0.100. The fourth-order valence-corrected chi connectivity index (χ4v) is 5.71. The Morgan fingerprint density at radius 1 is 0.979 bits per heavy atom. The van der Waals surface area contributed by atoms with Crippen molar-refractivity contribution in [2.75, 3.05) is 55.8 Å². The molecule has 0 spiro atoms. The average Bonchev–Trinajstić information content (AvgIpc) is 3.65. The number of piperazine rings is 1. The molecule has 14 nitrogen and oxygen atoms in total. The van der Waals surface area contributed by atoms with Gasteiger partial charge in [0, 0.05) is 69.1 Å². The number of hydrogen-bond acceptors (Lipinski definition) is 8. The lowest BCUT2D eigenvalue weighted by atomic mass is 10.0. The number of nitrogens with zero attached hydrogens (tertiary/aromatic N) is 7. The molecular weight excluding hydrogens is 621 g/mol. The van der Waals surface area contributed by atoms with Gasteiger partial charge in [0.05, 0.1) is 28.9 Å². The second-order valence-corrected chi connectivity index (χ2v) is 11.1. The van der Waals surface area contributed by atoms with Gasteiger partial charge in [-0.05, 0) is 36.9 Å². The highest BCUT2D eigenvalue weighted by atomic mass is 19.4. The first-order valence-electron chi connectivity index (χ1n) is 14.6. The standard InChI is InChI=1S/C30H31F3N10O4/c1-40-8-10-41(11-9-40)15-18-2-3-19(14-21(18)30(31,32)33)37-28(45)38-22-4-5-23(43-7-6-34-26(22)43)20-16-42(12-13-44)27-24(20)25(35-17-36-27)39-29(46)47/h2-7,14,16-17,44H,8-13,15H2,1H3,(H,46,47)(H,35,36,39)(H2,37,38,45). The number of nitrogens with one attached hydrogen (secondary N) is 3. The Labute approximate surface area is 265 Å². The minimum Gasteiger partial charge on any atom is -0.465 e. The zero-order valence-electron chi connectivity index (χ0n) is 25.1. The number of urea groups is 1. The van der Waals surface area contributed by atoms with E-state index in [0.29, 0.717) is 41.0 Å². The summed E-state index contributed by atoms with van der Waals surface area (Å²) in [4.78, 5) is 41.3. The Kier molecular flexibility index (Phi) is 8.67. The second-order valence-electron chi connectivity index (χ2n) is 11.1. The first-order valence-corrected chi connectivity index (χ1v) is 14.6. The van der Waals surface area contributed by atoms with Gasteiger partial charge in [-0.25, -0.2) is 24.5 Å². The fourth-order valence-electron chi connectivity index (χ4n) is 5.71. The number of rotatable bonds is 8. The topological polar surface area (TPSA) is 165 Å². The maximum atomic E-state index is 14.1. The van der Waals surface area contributed by atoms with Gasteiger partial charge >= 0.3 is 18.3 Å². The molecule has 0 unspecified atom stereocenters. The molecule has 0 bridgehead atoms.